The molecule has 4 rings (SSSR count). The average molecular weight is 446 g/mol. The van der Waals surface area contributed by atoms with Gasteiger partial charge < -0.3 is 24.6 Å². The standard InChI is InChI=1S/C21H31N3O3.2ClH/c1-26-17-12-16(13-18(14-17)27-2)23-8-3-9-24(11-10-23)20(25)19-15-21(19)4-6-22-7-5-21;;/h12-14,19,22H,3-11,15H2,1-2H3;2*1H. The molecule has 164 valence electrons. The molecule has 6 nitrogen and oxygen atoms in total. The summed E-state index contributed by atoms with van der Waals surface area (Å²) in [5.74, 6) is 2.25. The van der Waals surface area contributed by atoms with Crippen LogP contribution in [0.25, 0.3) is 0 Å². The van der Waals surface area contributed by atoms with E-state index in [0.29, 0.717) is 11.3 Å². The first-order valence-electron chi connectivity index (χ1n) is 10.1. The molecule has 29 heavy (non-hydrogen) atoms. The monoisotopic (exact) mass is 445 g/mol. The zero-order valence-electron chi connectivity index (χ0n) is 17.3. The molecule has 0 radical (unpaired) electrons. The van der Waals surface area contributed by atoms with Crippen molar-refractivity contribution in [2.75, 3.05) is 58.4 Å². The van der Waals surface area contributed by atoms with Gasteiger partial charge in [0, 0.05) is 56.0 Å². The first kappa shape index (κ1) is 23.9. The van der Waals surface area contributed by atoms with Gasteiger partial charge >= 0.3 is 0 Å². The largest absolute Gasteiger partial charge is 0.497 e. The number of nitrogens with zero attached hydrogens (tertiary/aromatic N) is 2. The first-order chi connectivity index (χ1) is 13.1. The Balaban J connectivity index is 0.00000150. The lowest BCUT2D eigenvalue weighted by Crippen LogP contribution is -2.38. The van der Waals surface area contributed by atoms with Gasteiger partial charge in [-0.1, -0.05) is 0 Å². The second-order valence-corrected chi connectivity index (χ2v) is 8.11. The van der Waals surface area contributed by atoms with Gasteiger partial charge in [-0.3, -0.25) is 4.79 Å². The fourth-order valence-electron chi connectivity index (χ4n) is 4.77. The van der Waals surface area contributed by atoms with Crippen LogP contribution in [0.5, 0.6) is 11.5 Å². The number of piperidine rings is 1. The molecule has 3 aliphatic rings. The summed E-state index contributed by atoms with van der Waals surface area (Å²) in [5, 5.41) is 3.42. The van der Waals surface area contributed by atoms with Gasteiger partial charge in [-0.25, -0.2) is 0 Å². The fourth-order valence-corrected chi connectivity index (χ4v) is 4.77. The number of hydrogen-bond acceptors (Lipinski definition) is 5. The van der Waals surface area contributed by atoms with Crippen molar-refractivity contribution in [1.29, 1.82) is 0 Å². The Morgan fingerprint density at radius 3 is 2.28 bits per heavy atom. The number of hydrogen-bond donors (Lipinski definition) is 1. The van der Waals surface area contributed by atoms with Crippen LogP contribution in [0.1, 0.15) is 25.7 Å². The van der Waals surface area contributed by atoms with E-state index < -0.39 is 0 Å². The molecule has 1 aromatic rings. The average Bonchev–Trinajstić information content (AvgIpc) is 3.46. The van der Waals surface area contributed by atoms with Crippen molar-refractivity contribution in [3.8, 4) is 11.5 Å². The number of nitrogens with one attached hydrogen (secondary N) is 1. The van der Waals surface area contributed by atoms with Crippen LogP contribution in [0.15, 0.2) is 18.2 Å². The van der Waals surface area contributed by atoms with Crippen LogP contribution >= 0.6 is 24.8 Å². The normalized spacial score (nSPS) is 22.8. The molecule has 8 heteroatoms. The van der Waals surface area contributed by atoms with E-state index in [9.17, 15) is 4.79 Å². The molecular formula is C21H33Cl2N3O3. The Hall–Kier alpha value is -1.37. The summed E-state index contributed by atoms with van der Waals surface area (Å²) in [7, 11) is 3.35. The second kappa shape index (κ2) is 10.1. The van der Waals surface area contributed by atoms with Crippen molar-refractivity contribution < 1.29 is 14.3 Å². The summed E-state index contributed by atoms with van der Waals surface area (Å²) in [6.45, 7) is 5.58. The Bertz CT molecular complexity index is 675. The number of carbonyl (C=O) groups is 1. The van der Waals surface area contributed by atoms with Gasteiger partial charge in [0.1, 0.15) is 11.5 Å². The zero-order chi connectivity index (χ0) is 18.9. The predicted molar refractivity (Wildman–Crippen MR) is 120 cm³/mol. The van der Waals surface area contributed by atoms with E-state index >= 15 is 0 Å². The zero-order valence-corrected chi connectivity index (χ0v) is 18.9. The quantitative estimate of drug-likeness (QED) is 0.771. The van der Waals surface area contributed by atoms with Gasteiger partial charge in [0.15, 0.2) is 0 Å². The molecule has 1 amide bonds. The van der Waals surface area contributed by atoms with Crippen molar-refractivity contribution in [2.24, 2.45) is 11.3 Å². The van der Waals surface area contributed by atoms with E-state index in [-0.39, 0.29) is 30.7 Å². The summed E-state index contributed by atoms with van der Waals surface area (Å²) in [5.41, 5.74) is 1.41. The van der Waals surface area contributed by atoms with Crippen molar-refractivity contribution >= 4 is 36.4 Å². The number of rotatable bonds is 4. The molecule has 0 aromatic heterocycles. The summed E-state index contributed by atoms with van der Waals surface area (Å²) in [6, 6.07) is 5.98. The summed E-state index contributed by atoms with van der Waals surface area (Å²) in [6.07, 6.45) is 4.41. The lowest BCUT2D eigenvalue weighted by atomic mass is 9.91. The third-order valence-corrected chi connectivity index (χ3v) is 6.60. The third kappa shape index (κ3) is 5.04. The minimum atomic E-state index is 0. The highest BCUT2D eigenvalue weighted by molar-refractivity contribution is 5.85. The lowest BCUT2D eigenvalue weighted by molar-refractivity contribution is -0.133. The Morgan fingerprint density at radius 2 is 1.66 bits per heavy atom. The van der Waals surface area contributed by atoms with Crippen LogP contribution < -0.4 is 19.7 Å². The lowest BCUT2D eigenvalue weighted by Gasteiger charge is -2.27. The maximum atomic E-state index is 13.1. The van der Waals surface area contributed by atoms with Crippen molar-refractivity contribution in [3.05, 3.63) is 18.2 Å². The van der Waals surface area contributed by atoms with Gasteiger partial charge in [0.25, 0.3) is 0 Å². The third-order valence-electron chi connectivity index (χ3n) is 6.60. The highest BCUT2D eigenvalue weighted by Gasteiger charge is 2.58. The van der Waals surface area contributed by atoms with Crippen molar-refractivity contribution in [1.82, 2.24) is 10.2 Å². The van der Waals surface area contributed by atoms with E-state index in [1.807, 2.05) is 18.2 Å². The Labute approximate surface area is 186 Å². The van der Waals surface area contributed by atoms with Crippen LogP contribution in [0.4, 0.5) is 5.69 Å². The first-order valence-corrected chi connectivity index (χ1v) is 10.1. The number of benzene rings is 1. The van der Waals surface area contributed by atoms with Crippen molar-refractivity contribution in [3.63, 3.8) is 0 Å². The van der Waals surface area contributed by atoms with E-state index in [2.05, 4.69) is 15.1 Å². The number of carbonyl (C=O) groups excluding carboxylic acids is 1. The van der Waals surface area contributed by atoms with Crippen LogP contribution in [0, 0.1) is 11.3 Å². The van der Waals surface area contributed by atoms with Gasteiger partial charge in [-0.2, -0.15) is 0 Å². The minimum absolute atomic E-state index is 0. The number of amides is 1. The van der Waals surface area contributed by atoms with Gasteiger partial charge in [0.05, 0.1) is 14.2 Å². The topological polar surface area (TPSA) is 54.0 Å². The minimum Gasteiger partial charge on any atom is -0.497 e. The molecule has 0 bridgehead atoms. The molecule has 1 unspecified atom stereocenters. The predicted octanol–water partition coefficient (Wildman–Crippen LogP) is 2.98. The number of halogens is 2. The van der Waals surface area contributed by atoms with Crippen LogP contribution in [0.2, 0.25) is 0 Å². The summed E-state index contributed by atoms with van der Waals surface area (Å²) >= 11 is 0. The highest BCUT2D eigenvalue weighted by Crippen LogP contribution is 2.59. The number of methoxy groups -OCH3 is 2. The molecule has 1 spiro atoms. The summed E-state index contributed by atoms with van der Waals surface area (Å²) in [4.78, 5) is 17.5. The Morgan fingerprint density at radius 1 is 1.00 bits per heavy atom. The highest BCUT2D eigenvalue weighted by atomic mass is 35.5. The van der Waals surface area contributed by atoms with Crippen LogP contribution in [-0.4, -0.2) is 64.3 Å². The summed E-state index contributed by atoms with van der Waals surface area (Å²) < 4.78 is 10.8. The molecule has 1 N–H and O–H groups in total. The van der Waals surface area contributed by atoms with Crippen LogP contribution in [0.3, 0.4) is 0 Å². The van der Waals surface area contributed by atoms with E-state index in [1.54, 1.807) is 14.2 Å². The SMILES string of the molecule is COc1cc(OC)cc(N2CCCN(C(=O)C3CC34CCNCC4)CC2)c1.Cl.Cl. The van der Waals surface area contributed by atoms with Gasteiger partial charge in [0.2, 0.25) is 5.91 Å². The molecule has 3 fully saturated rings. The van der Waals surface area contributed by atoms with Gasteiger partial charge in [-0.15, -0.1) is 24.8 Å². The fraction of sp³-hybridized carbons (Fsp3) is 0.667. The number of ether oxygens (including phenoxy) is 2. The molecule has 1 aliphatic carbocycles. The van der Waals surface area contributed by atoms with Gasteiger partial charge in [-0.05, 0) is 44.2 Å². The number of anilines is 1. The maximum absolute atomic E-state index is 13.1. The Kier molecular flexibility index (Phi) is 8.32. The maximum Gasteiger partial charge on any atom is 0.226 e. The van der Waals surface area contributed by atoms with E-state index in [4.69, 9.17) is 9.47 Å². The van der Waals surface area contributed by atoms with E-state index in [0.717, 1.165) is 82.1 Å². The smallest absolute Gasteiger partial charge is 0.226 e. The molecule has 2 aliphatic heterocycles. The second-order valence-electron chi connectivity index (χ2n) is 8.11. The molecular weight excluding hydrogens is 413 g/mol. The van der Waals surface area contributed by atoms with E-state index in [1.165, 1.54) is 0 Å². The molecule has 1 saturated carbocycles. The molecule has 2 saturated heterocycles. The van der Waals surface area contributed by atoms with Crippen LogP contribution in [-0.2, 0) is 4.79 Å². The molecule has 2 heterocycles. The van der Waals surface area contributed by atoms with Crippen molar-refractivity contribution in [2.45, 2.75) is 25.7 Å². The molecule has 1 aromatic carbocycles. The molecule has 1 atom stereocenters.